The standard InChI is InChI=1S/C29H26ClN3O4/c1-4-36-26-17-21(11-15-25(26)37-27(34)16-12-20-9-13-22(30)14-10-20)18-31-33-28(19(2)3)32-24-8-6-5-7-23(24)29(33)35/h5-19H,4H2,1-3H3/b16-12+,31-18?. The average molecular weight is 516 g/mol. The minimum atomic E-state index is -0.548. The number of nitrogens with zero attached hydrogens (tertiary/aromatic N) is 3. The number of fused-ring (bicyclic) bond motifs is 1. The molecule has 0 N–H and O–H groups in total. The summed E-state index contributed by atoms with van der Waals surface area (Å²) in [4.78, 5) is 30.1. The largest absolute Gasteiger partial charge is 0.490 e. The highest BCUT2D eigenvalue weighted by Gasteiger charge is 2.14. The minimum Gasteiger partial charge on any atom is -0.490 e. The number of aromatic nitrogens is 2. The molecule has 0 fully saturated rings. The fraction of sp³-hybridized carbons (Fsp3) is 0.172. The van der Waals surface area contributed by atoms with E-state index in [1.54, 1.807) is 66.9 Å². The number of carbonyl (C=O) groups excluding carboxylic acids is 1. The van der Waals surface area contributed by atoms with Crippen LogP contribution in [0.15, 0.2) is 82.7 Å². The van der Waals surface area contributed by atoms with Gasteiger partial charge in [-0.25, -0.2) is 9.78 Å². The topological polar surface area (TPSA) is 82.8 Å². The summed E-state index contributed by atoms with van der Waals surface area (Å²) in [5.41, 5.74) is 1.87. The summed E-state index contributed by atoms with van der Waals surface area (Å²) in [6.07, 6.45) is 4.53. The van der Waals surface area contributed by atoms with E-state index in [4.69, 9.17) is 21.1 Å². The van der Waals surface area contributed by atoms with Crippen molar-refractivity contribution in [3.8, 4) is 11.5 Å². The molecule has 0 saturated heterocycles. The third-order valence-electron chi connectivity index (χ3n) is 5.38. The van der Waals surface area contributed by atoms with E-state index in [-0.39, 0.29) is 17.2 Å². The normalized spacial score (nSPS) is 11.6. The summed E-state index contributed by atoms with van der Waals surface area (Å²) < 4.78 is 12.5. The summed E-state index contributed by atoms with van der Waals surface area (Å²) in [5, 5.41) is 5.55. The Morgan fingerprint density at radius 1 is 1.05 bits per heavy atom. The Balaban J connectivity index is 1.59. The molecule has 4 rings (SSSR count). The van der Waals surface area contributed by atoms with Crippen molar-refractivity contribution in [2.75, 3.05) is 6.61 Å². The molecule has 0 aliphatic heterocycles. The SMILES string of the molecule is CCOc1cc(C=Nn2c(C(C)C)nc3ccccc3c2=O)ccc1OC(=O)/C=C/c1ccc(Cl)cc1. The van der Waals surface area contributed by atoms with Crippen LogP contribution in [-0.4, -0.2) is 28.5 Å². The third kappa shape index (κ3) is 6.32. The van der Waals surface area contributed by atoms with Crippen molar-refractivity contribution < 1.29 is 14.3 Å². The molecule has 0 radical (unpaired) electrons. The van der Waals surface area contributed by atoms with Gasteiger partial charge in [-0.15, -0.1) is 0 Å². The van der Waals surface area contributed by atoms with Gasteiger partial charge in [0.1, 0.15) is 5.82 Å². The molecule has 1 heterocycles. The van der Waals surface area contributed by atoms with Gasteiger partial charge >= 0.3 is 5.97 Å². The van der Waals surface area contributed by atoms with Crippen LogP contribution < -0.4 is 15.0 Å². The van der Waals surface area contributed by atoms with Crippen molar-refractivity contribution in [3.63, 3.8) is 0 Å². The first-order valence-electron chi connectivity index (χ1n) is 11.8. The molecule has 4 aromatic rings. The van der Waals surface area contributed by atoms with Crippen LogP contribution in [-0.2, 0) is 4.79 Å². The molecule has 8 heteroatoms. The summed E-state index contributed by atoms with van der Waals surface area (Å²) in [6, 6.07) is 19.3. The predicted octanol–water partition coefficient (Wildman–Crippen LogP) is 6.07. The maximum Gasteiger partial charge on any atom is 0.336 e. The maximum atomic E-state index is 13.1. The van der Waals surface area contributed by atoms with Crippen LogP contribution in [0.25, 0.3) is 17.0 Å². The number of rotatable bonds is 8. The number of halogens is 1. The molecule has 3 aromatic carbocycles. The van der Waals surface area contributed by atoms with E-state index in [1.165, 1.54) is 10.8 Å². The van der Waals surface area contributed by atoms with Crippen LogP contribution in [0, 0.1) is 0 Å². The molecule has 0 aliphatic rings. The van der Waals surface area contributed by atoms with Gasteiger partial charge in [0.05, 0.1) is 23.7 Å². The molecule has 0 aliphatic carbocycles. The zero-order chi connectivity index (χ0) is 26.4. The molecule has 37 heavy (non-hydrogen) atoms. The lowest BCUT2D eigenvalue weighted by Crippen LogP contribution is -2.23. The van der Waals surface area contributed by atoms with Crippen molar-refractivity contribution in [1.82, 2.24) is 9.66 Å². The Morgan fingerprint density at radius 3 is 2.51 bits per heavy atom. The van der Waals surface area contributed by atoms with Gasteiger partial charge in [-0.1, -0.05) is 49.7 Å². The van der Waals surface area contributed by atoms with Gasteiger partial charge in [0.2, 0.25) is 0 Å². The van der Waals surface area contributed by atoms with Crippen LogP contribution in [0.3, 0.4) is 0 Å². The van der Waals surface area contributed by atoms with Gasteiger partial charge in [-0.3, -0.25) is 4.79 Å². The minimum absolute atomic E-state index is 0.0174. The monoisotopic (exact) mass is 515 g/mol. The van der Waals surface area contributed by atoms with Gasteiger partial charge in [0.25, 0.3) is 5.56 Å². The third-order valence-corrected chi connectivity index (χ3v) is 5.63. The smallest absolute Gasteiger partial charge is 0.336 e. The van der Waals surface area contributed by atoms with E-state index in [0.717, 1.165) is 5.56 Å². The second-order valence-electron chi connectivity index (χ2n) is 8.45. The van der Waals surface area contributed by atoms with Crippen LogP contribution in [0.2, 0.25) is 5.02 Å². The molecule has 0 unspecified atom stereocenters. The Morgan fingerprint density at radius 2 is 1.78 bits per heavy atom. The lowest BCUT2D eigenvalue weighted by atomic mass is 10.2. The molecule has 0 amide bonds. The Bertz CT molecular complexity index is 1540. The quantitative estimate of drug-likeness (QED) is 0.123. The Kier molecular flexibility index (Phi) is 8.15. The highest BCUT2D eigenvalue weighted by molar-refractivity contribution is 6.30. The van der Waals surface area contributed by atoms with E-state index in [9.17, 15) is 9.59 Å². The molecule has 0 saturated carbocycles. The summed E-state index contributed by atoms with van der Waals surface area (Å²) >= 11 is 5.89. The number of hydrogen-bond acceptors (Lipinski definition) is 6. The van der Waals surface area contributed by atoms with Crippen molar-refractivity contribution >= 4 is 40.8 Å². The number of esters is 1. The number of benzene rings is 3. The summed E-state index contributed by atoms with van der Waals surface area (Å²) in [6.45, 7) is 6.12. The van der Waals surface area contributed by atoms with Crippen LogP contribution in [0.5, 0.6) is 11.5 Å². The predicted molar refractivity (Wildman–Crippen MR) is 147 cm³/mol. The number of carbonyl (C=O) groups is 1. The molecule has 188 valence electrons. The lowest BCUT2D eigenvalue weighted by molar-refractivity contribution is -0.129. The fourth-order valence-electron chi connectivity index (χ4n) is 3.59. The molecule has 0 bridgehead atoms. The second kappa shape index (κ2) is 11.7. The van der Waals surface area contributed by atoms with Crippen molar-refractivity contribution in [3.05, 3.63) is 105 Å². The van der Waals surface area contributed by atoms with E-state index in [0.29, 0.717) is 39.7 Å². The van der Waals surface area contributed by atoms with E-state index < -0.39 is 5.97 Å². The molecule has 1 aromatic heterocycles. The Labute approximate surface area is 219 Å². The van der Waals surface area contributed by atoms with E-state index in [2.05, 4.69) is 10.1 Å². The zero-order valence-corrected chi connectivity index (χ0v) is 21.5. The highest BCUT2D eigenvalue weighted by atomic mass is 35.5. The van der Waals surface area contributed by atoms with Gasteiger partial charge in [-0.2, -0.15) is 9.78 Å². The van der Waals surface area contributed by atoms with Gasteiger partial charge in [0.15, 0.2) is 11.5 Å². The fourth-order valence-corrected chi connectivity index (χ4v) is 3.71. The van der Waals surface area contributed by atoms with Crippen molar-refractivity contribution in [2.45, 2.75) is 26.7 Å². The van der Waals surface area contributed by atoms with Gasteiger partial charge in [0, 0.05) is 17.0 Å². The summed E-state index contributed by atoms with van der Waals surface area (Å²) in [7, 11) is 0. The first-order valence-corrected chi connectivity index (χ1v) is 12.2. The molecule has 0 spiro atoms. The zero-order valence-electron chi connectivity index (χ0n) is 20.7. The number of para-hydroxylation sites is 1. The molecular weight excluding hydrogens is 490 g/mol. The van der Waals surface area contributed by atoms with E-state index in [1.807, 2.05) is 32.9 Å². The van der Waals surface area contributed by atoms with Crippen molar-refractivity contribution in [1.29, 1.82) is 0 Å². The number of hydrogen-bond donors (Lipinski definition) is 0. The first kappa shape index (κ1) is 25.9. The molecular formula is C29H26ClN3O4. The van der Waals surface area contributed by atoms with E-state index >= 15 is 0 Å². The second-order valence-corrected chi connectivity index (χ2v) is 8.88. The van der Waals surface area contributed by atoms with Crippen LogP contribution in [0.1, 0.15) is 43.6 Å². The average Bonchev–Trinajstić information content (AvgIpc) is 2.89. The van der Waals surface area contributed by atoms with Crippen molar-refractivity contribution in [2.24, 2.45) is 5.10 Å². The summed E-state index contributed by atoms with van der Waals surface area (Å²) in [5.74, 6) is 0.650. The van der Waals surface area contributed by atoms with Crippen LogP contribution in [0.4, 0.5) is 0 Å². The first-order chi connectivity index (χ1) is 17.9. The maximum absolute atomic E-state index is 13.1. The van der Waals surface area contributed by atoms with Gasteiger partial charge < -0.3 is 9.47 Å². The Hall–Kier alpha value is -4.23. The lowest BCUT2D eigenvalue weighted by Gasteiger charge is -2.12. The van der Waals surface area contributed by atoms with Gasteiger partial charge in [-0.05, 0) is 66.6 Å². The highest BCUT2D eigenvalue weighted by Crippen LogP contribution is 2.28. The molecule has 0 atom stereocenters. The number of ether oxygens (including phenoxy) is 2. The van der Waals surface area contributed by atoms with Crippen LogP contribution >= 0.6 is 11.6 Å². The molecule has 7 nitrogen and oxygen atoms in total.